The quantitative estimate of drug-likeness (QED) is 0.414. The second-order valence-corrected chi connectivity index (χ2v) is 14.5. The Morgan fingerprint density at radius 2 is 1.61 bits per heavy atom. The van der Waals surface area contributed by atoms with Crippen LogP contribution in [-0.2, 0) is 4.79 Å². The van der Waals surface area contributed by atoms with Crippen molar-refractivity contribution < 1.29 is 15.0 Å². The van der Waals surface area contributed by atoms with Crippen molar-refractivity contribution in [2.45, 2.75) is 112 Å². The van der Waals surface area contributed by atoms with Gasteiger partial charge in [0.15, 0.2) is 0 Å². The van der Waals surface area contributed by atoms with Gasteiger partial charge in [-0.15, -0.1) is 0 Å². The Labute approximate surface area is 201 Å². The average molecular weight is 457 g/mol. The molecule has 4 saturated carbocycles. The van der Waals surface area contributed by atoms with Gasteiger partial charge < -0.3 is 10.2 Å². The Kier molecular flexibility index (Phi) is 5.15. The smallest absolute Gasteiger partial charge is 0.310 e. The maximum Gasteiger partial charge on any atom is 0.310 e. The molecule has 0 heterocycles. The predicted molar refractivity (Wildman–Crippen MR) is 133 cm³/mol. The molecular formula is C30H48O3. The van der Waals surface area contributed by atoms with Crippen molar-refractivity contribution in [1.82, 2.24) is 0 Å². The largest absolute Gasteiger partial charge is 0.481 e. The minimum atomic E-state index is -0.557. The van der Waals surface area contributed by atoms with Crippen molar-refractivity contribution in [2.75, 3.05) is 0 Å². The van der Waals surface area contributed by atoms with Crippen LogP contribution in [0.15, 0.2) is 11.6 Å². The molecule has 0 unspecified atom stereocenters. The van der Waals surface area contributed by atoms with Crippen LogP contribution in [0.2, 0.25) is 0 Å². The van der Waals surface area contributed by atoms with Crippen molar-refractivity contribution in [3.63, 3.8) is 0 Å². The molecule has 10 atom stereocenters. The topological polar surface area (TPSA) is 57.5 Å². The van der Waals surface area contributed by atoms with Gasteiger partial charge in [-0.1, -0.05) is 60.1 Å². The van der Waals surface area contributed by atoms with Crippen LogP contribution in [0.25, 0.3) is 0 Å². The Morgan fingerprint density at radius 1 is 0.909 bits per heavy atom. The highest BCUT2D eigenvalue weighted by molar-refractivity contribution is 5.76. The van der Waals surface area contributed by atoms with Gasteiger partial charge in [0.05, 0.1) is 11.5 Å². The number of carboxylic acid groups (broad SMARTS) is 1. The summed E-state index contributed by atoms with van der Waals surface area (Å²) in [7, 11) is 0. The Balaban J connectivity index is 1.61. The van der Waals surface area contributed by atoms with Gasteiger partial charge in [0.1, 0.15) is 0 Å². The molecule has 3 nitrogen and oxygen atoms in total. The molecule has 5 aliphatic rings. The minimum Gasteiger partial charge on any atom is -0.481 e. The molecular weight excluding hydrogens is 408 g/mol. The summed E-state index contributed by atoms with van der Waals surface area (Å²) in [6.45, 7) is 17.0. The number of fused-ring (bicyclic) bond motifs is 7. The van der Waals surface area contributed by atoms with Gasteiger partial charge in [-0.3, -0.25) is 4.79 Å². The fourth-order valence-electron chi connectivity index (χ4n) is 10.8. The van der Waals surface area contributed by atoms with E-state index in [1.807, 2.05) is 0 Å². The van der Waals surface area contributed by atoms with Crippen LogP contribution in [0, 0.1) is 56.7 Å². The number of aliphatic hydroxyl groups is 1. The fraction of sp³-hybridized carbons (Fsp3) is 0.900. The number of carbonyl (C=O) groups is 1. The first-order chi connectivity index (χ1) is 15.3. The van der Waals surface area contributed by atoms with Gasteiger partial charge in [0, 0.05) is 0 Å². The normalized spacial score (nSPS) is 55.3. The zero-order chi connectivity index (χ0) is 24.2. The molecule has 5 rings (SSSR count). The highest BCUT2D eigenvalue weighted by atomic mass is 16.4. The molecule has 3 heteroatoms. The van der Waals surface area contributed by atoms with Crippen LogP contribution in [0.5, 0.6) is 0 Å². The van der Waals surface area contributed by atoms with Crippen molar-refractivity contribution in [3.05, 3.63) is 11.6 Å². The van der Waals surface area contributed by atoms with E-state index < -0.39 is 11.4 Å². The first-order valence-corrected chi connectivity index (χ1v) is 13.9. The summed E-state index contributed by atoms with van der Waals surface area (Å²) in [5.74, 6) is 1.82. The highest BCUT2D eigenvalue weighted by Gasteiger charge is 2.69. The van der Waals surface area contributed by atoms with E-state index in [-0.39, 0.29) is 33.7 Å². The zero-order valence-corrected chi connectivity index (χ0v) is 22.2. The number of hydrogen-bond donors (Lipinski definition) is 2. The average Bonchev–Trinajstić information content (AvgIpc) is 2.74. The van der Waals surface area contributed by atoms with Crippen molar-refractivity contribution in [2.24, 2.45) is 56.7 Å². The summed E-state index contributed by atoms with van der Waals surface area (Å²) in [5, 5.41) is 21.4. The van der Waals surface area contributed by atoms with Crippen LogP contribution in [0.4, 0.5) is 0 Å². The molecule has 0 radical (unpaired) electrons. The second kappa shape index (κ2) is 7.11. The van der Waals surface area contributed by atoms with E-state index in [1.54, 1.807) is 0 Å². The molecule has 2 N–H and O–H groups in total. The molecule has 0 amide bonds. The lowest BCUT2D eigenvalue weighted by Gasteiger charge is -2.71. The summed E-state index contributed by atoms with van der Waals surface area (Å²) in [5.41, 5.74) is 1.46. The van der Waals surface area contributed by atoms with E-state index in [0.29, 0.717) is 23.7 Å². The van der Waals surface area contributed by atoms with Crippen LogP contribution in [-0.4, -0.2) is 22.3 Å². The first-order valence-electron chi connectivity index (χ1n) is 13.9. The number of aliphatic hydroxyl groups excluding tert-OH is 1. The van der Waals surface area contributed by atoms with Crippen molar-refractivity contribution >= 4 is 5.97 Å². The maximum atomic E-state index is 12.8. The van der Waals surface area contributed by atoms with Crippen LogP contribution >= 0.6 is 0 Å². The maximum absolute atomic E-state index is 12.8. The minimum absolute atomic E-state index is 0.0302. The summed E-state index contributed by atoms with van der Waals surface area (Å²) >= 11 is 0. The third kappa shape index (κ3) is 2.75. The summed E-state index contributed by atoms with van der Waals surface area (Å²) in [4.78, 5) is 12.8. The van der Waals surface area contributed by atoms with Gasteiger partial charge in [0.2, 0.25) is 0 Å². The molecule has 4 fully saturated rings. The molecule has 186 valence electrons. The Hall–Kier alpha value is -0.830. The lowest BCUT2D eigenvalue weighted by molar-refractivity contribution is -0.206. The fourth-order valence-corrected chi connectivity index (χ4v) is 10.8. The molecule has 5 aliphatic carbocycles. The van der Waals surface area contributed by atoms with Crippen molar-refractivity contribution in [3.8, 4) is 0 Å². The zero-order valence-electron chi connectivity index (χ0n) is 22.2. The number of carboxylic acids is 1. The third-order valence-corrected chi connectivity index (χ3v) is 13.4. The second-order valence-electron chi connectivity index (χ2n) is 14.5. The van der Waals surface area contributed by atoms with E-state index >= 15 is 0 Å². The lowest BCUT2D eigenvalue weighted by atomic mass is 9.33. The van der Waals surface area contributed by atoms with E-state index in [9.17, 15) is 15.0 Å². The molecule has 0 aromatic rings. The highest BCUT2D eigenvalue weighted by Crippen LogP contribution is 2.75. The number of hydrogen-bond acceptors (Lipinski definition) is 2. The van der Waals surface area contributed by atoms with Crippen molar-refractivity contribution in [1.29, 1.82) is 0 Å². The first kappa shape index (κ1) is 23.9. The number of aliphatic carboxylic acids is 1. The summed E-state index contributed by atoms with van der Waals surface area (Å²) < 4.78 is 0. The monoisotopic (exact) mass is 456 g/mol. The van der Waals surface area contributed by atoms with Gasteiger partial charge in [-0.05, 0) is 109 Å². The third-order valence-electron chi connectivity index (χ3n) is 13.4. The van der Waals surface area contributed by atoms with Crippen LogP contribution in [0.3, 0.4) is 0 Å². The standard InChI is InChI=1S/C30H48O3/c1-18-10-15-30(25(32)33)17-16-28(6)20(24(30)19(18)2)8-9-22-27(5)13-12-23(31)26(3,4)21(27)11-14-29(22,28)7/h8,18-19,21-24,31H,9-17H2,1-7H3,(H,32,33)/t18-,19-,21+,22+,23-,24+,27+,28+,29+,30-/m0/s1. The van der Waals surface area contributed by atoms with Gasteiger partial charge in [-0.2, -0.15) is 0 Å². The van der Waals surface area contributed by atoms with Crippen LogP contribution < -0.4 is 0 Å². The molecule has 0 aromatic carbocycles. The summed E-state index contributed by atoms with van der Waals surface area (Å²) in [6, 6.07) is 0. The van der Waals surface area contributed by atoms with Gasteiger partial charge in [-0.25, -0.2) is 0 Å². The molecule has 0 spiro atoms. The van der Waals surface area contributed by atoms with E-state index in [2.05, 4.69) is 54.5 Å². The van der Waals surface area contributed by atoms with E-state index in [0.717, 1.165) is 44.9 Å². The molecule has 0 aromatic heterocycles. The van der Waals surface area contributed by atoms with E-state index in [4.69, 9.17) is 0 Å². The number of allylic oxidation sites excluding steroid dienone is 2. The summed E-state index contributed by atoms with van der Waals surface area (Å²) in [6.07, 6.45) is 11.6. The Bertz CT molecular complexity index is 874. The molecule has 0 saturated heterocycles. The Morgan fingerprint density at radius 3 is 2.27 bits per heavy atom. The predicted octanol–water partition coefficient (Wildman–Crippen LogP) is 7.09. The van der Waals surface area contributed by atoms with Gasteiger partial charge in [0.25, 0.3) is 0 Å². The number of rotatable bonds is 1. The molecule has 0 aliphatic heterocycles. The lowest BCUT2D eigenvalue weighted by Crippen LogP contribution is -2.65. The molecule has 0 bridgehead atoms. The molecule has 33 heavy (non-hydrogen) atoms. The van der Waals surface area contributed by atoms with E-state index in [1.165, 1.54) is 18.4 Å². The van der Waals surface area contributed by atoms with Gasteiger partial charge >= 0.3 is 5.97 Å². The van der Waals surface area contributed by atoms with Crippen LogP contribution in [0.1, 0.15) is 106 Å². The SMILES string of the molecule is C[C@H]1[C@@H](C)CC[C@]2(C(=O)O)CC[C@]3(C)C(=CC[C@@H]4[C@]5(C)CC[C@H](O)C(C)(C)[C@H]5CC[C@]43C)[C@@H]12.